The lowest BCUT2D eigenvalue weighted by Crippen LogP contribution is -2.39. The molecule has 0 saturated carbocycles. The van der Waals surface area contributed by atoms with Crippen LogP contribution in [0.25, 0.3) is 0 Å². The predicted octanol–water partition coefficient (Wildman–Crippen LogP) is 2.22. The van der Waals surface area contributed by atoms with Crippen molar-refractivity contribution in [1.82, 2.24) is 5.32 Å². The van der Waals surface area contributed by atoms with Gasteiger partial charge in [0, 0.05) is 17.1 Å². The Morgan fingerprint density at radius 3 is 2.81 bits per heavy atom. The number of nitrogens with two attached hydrogens (primary N) is 1. The van der Waals surface area contributed by atoms with E-state index in [0.717, 1.165) is 16.5 Å². The fourth-order valence-electron chi connectivity index (χ4n) is 1.40. The minimum atomic E-state index is -0.0760. The molecular formula is C12H17BrN2O. The highest BCUT2D eigenvalue weighted by Gasteiger charge is 2.13. The normalized spacial score (nSPS) is 12.2. The van der Waals surface area contributed by atoms with Gasteiger partial charge in [0.1, 0.15) is 0 Å². The quantitative estimate of drug-likeness (QED) is 0.891. The molecule has 1 atom stereocenters. The third-order valence-electron chi connectivity index (χ3n) is 2.48. The summed E-state index contributed by atoms with van der Waals surface area (Å²) < 4.78 is 0.808. The average Bonchev–Trinajstić information content (AvgIpc) is 2.28. The molecule has 88 valence electrons. The summed E-state index contributed by atoms with van der Waals surface area (Å²) in [4.78, 5) is 11.9. The first kappa shape index (κ1) is 13.2. The largest absolute Gasteiger partial charge is 0.348 e. The highest BCUT2D eigenvalue weighted by atomic mass is 79.9. The van der Waals surface area contributed by atoms with Gasteiger partial charge < -0.3 is 11.1 Å². The number of carbonyl (C=O) groups excluding carboxylic acids is 1. The zero-order valence-corrected chi connectivity index (χ0v) is 11.2. The monoisotopic (exact) mass is 284 g/mol. The average molecular weight is 285 g/mol. The Morgan fingerprint density at radius 1 is 1.56 bits per heavy atom. The Kier molecular flexibility index (Phi) is 4.96. The van der Waals surface area contributed by atoms with E-state index < -0.39 is 0 Å². The Bertz CT molecular complexity index is 375. The van der Waals surface area contributed by atoms with E-state index >= 15 is 0 Å². The molecule has 1 amide bonds. The SMILES string of the molecule is CCC(CN)NC(=O)c1cc(C)ccc1Br. The molecule has 0 heterocycles. The molecule has 0 aliphatic carbocycles. The van der Waals surface area contributed by atoms with E-state index in [-0.39, 0.29) is 11.9 Å². The second-order valence-corrected chi connectivity index (χ2v) is 4.65. The zero-order valence-electron chi connectivity index (χ0n) is 9.59. The fourth-order valence-corrected chi connectivity index (χ4v) is 1.83. The molecule has 0 aromatic heterocycles. The first-order valence-corrected chi connectivity index (χ1v) is 6.14. The van der Waals surface area contributed by atoms with Crippen LogP contribution in [0.2, 0.25) is 0 Å². The molecule has 1 aromatic rings. The number of hydrogen-bond acceptors (Lipinski definition) is 2. The molecule has 1 unspecified atom stereocenters. The summed E-state index contributed by atoms with van der Waals surface area (Å²) in [6, 6.07) is 5.75. The van der Waals surface area contributed by atoms with Gasteiger partial charge in [0.2, 0.25) is 0 Å². The van der Waals surface area contributed by atoms with Crippen LogP contribution in [-0.4, -0.2) is 18.5 Å². The highest BCUT2D eigenvalue weighted by Crippen LogP contribution is 2.18. The molecule has 0 spiro atoms. The lowest BCUT2D eigenvalue weighted by molar-refractivity contribution is 0.0936. The summed E-state index contributed by atoms with van der Waals surface area (Å²) >= 11 is 3.37. The van der Waals surface area contributed by atoms with E-state index in [1.807, 2.05) is 32.0 Å². The molecule has 3 nitrogen and oxygen atoms in total. The number of amides is 1. The standard InChI is InChI=1S/C12H17BrN2O/c1-3-9(7-14)15-12(16)10-6-8(2)4-5-11(10)13/h4-6,9H,3,7,14H2,1-2H3,(H,15,16). The van der Waals surface area contributed by atoms with Crippen molar-refractivity contribution >= 4 is 21.8 Å². The second kappa shape index (κ2) is 6.01. The van der Waals surface area contributed by atoms with Crippen molar-refractivity contribution in [1.29, 1.82) is 0 Å². The molecule has 3 N–H and O–H groups in total. The van der Waals surface area contributed by atoms with E-state index in [0.29, 0.717) is 12.1 Å². The smallest absolute Gasteiger partial charge is 0.252 e. The van der Waals surface area contributed by atoms with Gasteiger partial charge >= 0.3 is 0 Å². The molecule has 0 saturated heterocycles. The molecule has 0 fully saturated rings. The summed E-state index contributed by atoms with van der Waals surface area (Å²) in [6.07, 6.45) is 0.839. The number of halogens is 1. The molecule has 4 heteroatoms. The first-order valence-electron chi connectivity index (χ1n) is 5.35. The number of hydrogen-bond donors (Lipinski definition) is 2. The van der Waals surface area contributed by atoms with Crippen LogP contribution in [0.3, 0.4) is 0 Å². The number of nitrogens with one attached hydrogen (secondary N) is 1. The summed E-state index contributed by atoms with van der Waals surface area (Å²) in [5.41, 5.74) is 7.27. The van der Waals surface area contributed by atoms with Crippen LogP contribution in [0.1, 0.15) is 29.3 Å². The number of benzene rings is 1. The fraction of sp³-hybridized carbons (Fsp3) is 0.417. The molecule has 0 aliphatic rings. The summed E-state index contributed by atoms with van der Waals surface area (Å²) in [5, 5.41) is 2.91. The maximum atomic E-state index is 11.9. The molecule has 1 rings (SSSR count). The topological polar surface area (TPSA) is 55.1 Å². The summed E-state index contributed by atoms with van der Waals surface area (Å²) in [6.45, 7) is 4.43. The van der Waals surface area contributed by atoms with Gasteiger partial charge in [0.05, 0.1) is 5.56 Å². The van der Waals surface area contributed by atoms with E-state index in [9.17, 15) is 4.79 Å². The van der Waals surface area contributed by atoms with Crippen molar-refractivity contribution in [3.05, 3.63) is 33.8 Å². The van der Waals surface area contributed by atoms with Crippen LogP contribution in [0, 0.1) is 6.92 Å². The maximum absolute atomic E-state index is 11.9. The predicted molar refractivity (Wildman–Crippen MR) is 69.5 cm³/mol. The lowest BCUT2D eigenvalue weighted by Gasteiger charge is -2.15. The van der Waals surface area contributed by atoms with Gasteiger partial charge in [-0.05, 0) is 41.4 Å². The maximum Gasteiger partial charge on any atom is 0.252 e. The Morgan fingerprint density at radius 2 is 2.25 bits per heavy atom. The van der Waals surface area contributed by atoms with Crippen LogP contribution < -0.4 is 11.1 Å². The molecule has 0 aliphatic heterocycles. The van der Waals surface area contributed by atoms with Crippen LogP contribution in [0.15, 0.2) is 22.7 Å². The van der Waals surface area contributed by atoms with Gasteiger partial charge in [-0.3, -0.25) is 4.79 Å². The van der Waals surface area contributed by atoms with Crippen molar-refractivity contribution in [2.45, 2.75) is 26.3 Å². The van der Waals surface area contributed by atoms with Crippen molar-refractivity contribution < 1.29 is 4.79 Å². The Hall–Kier alpha value is -0.870. The van der Waals surface area contributed by atoms with Crippen LogP contribution in [0.4, 0.5) is 0 Å². The van der Waals surface area contributed by atoms with E-state index in [1.165, 1.54) is 0 Å². The van der Waals surface area contributed by atoms with Gasteiger partial charge in [0.25, 0.3) is 5.91 Å². The van der Waals surface area contributed by atoms with Gasteiger partial charge in [-0.2, -0.15) is 0 Å². The lowest BCUT2D eigenvalue weighted by atomic mass is 10.1. The minimum Gasteiger partial charge on any atom is -0.348 e. The Labute approximate surface area is 105 Å². The van der Waals surface area contributed by atoms with Gasteiger partial charge in [-0.1, -0.05) is 18.6 Å². The van der Waals surface area contributed by atoms with E-state index in [1.54, 1.807) is 0 Å². The zero-order chi connectivity index (χ0) is 12.1. The third-order valence-corrected chi connectivity index (χ3v) is 3.17. The molecular weight excluding hydrogens is 268 g/mol. The van der Waals surface area contributed by atoms with Crippen molar-refractivity contribution in [3.8, 4) is 0 Å². The molecule has 1 aromatic carbocycles. The van der Waals surface area contributed by atoms with E-state index in [4.69, 9.17) is 5.73 Å². The van der Waals surface area contributed by atoms with Crippen molar-refractivity contribution in [2.24, 2.45) is 5.73 Å². The van der Waals surface area contributed by atoms with Crippen LogP contribution in [0.5, 0.6) is 0 Å². The summed E-state index contributed by atoms with van der Waals surface area (Å²) in [7, 11) is 0. The summed E-state index contributed by atoms with van der Waals surface area (Å²) in [5.74, 6) is -0.0760. The number of rotatable bonds is 4. The number of aryl methyl sites for hydroxylation is 1. The second-order valence-electron chi connectivity index (χ2n) is 3.80. The van der Waals surface area contributed by atoms with Crippen molar-refractivity contribution in [3.63, 3.8) is 0 Å². The van der Waals surface area contributed by atoms with Gasteiger partial charge in [-0.25, -0.2) is 0 Å². The molecule has 16 heavy (non-hydrogen) atoms. The highest BCUT2D eigenvalue weighted by molar-refractivity contribution is 9.10. The number of carbonyl (C=O) groups is 1. The van der Waals surface area contributed by atoms with Gasteiger partial charge in [0.15, 0.2) is 0 Å². The van der Waals surface area contributed by atoms with Gasteiger partial charge in [-0.15, -0.1) is 0 Å². The Balaban J connectivity index is 2.83. The minimum absolute atomic E-state index is 0.0416. The third kappa shape index (κ3) is 3.32. The van der Waals surface area contributed by atoms with Crippen molar-refractivity contribution in [2.75, 3.05) is 6.54 Å². The molecule has 0 bridgehead atoms. The van der Waals surface area contributed by atoms with Crippen LogP contribution >= 0.6 is 15.9 Å². The van der Waals surface area contributed by atoms with Crippen LogP contribution in [-0.2, 0) is 0 Å². The molecule has 0 radical (unpaired) electrons. The van der Waals surface area contributed by atoms with E-state index in [2.05, 4.69) is 21.2 Å². The first-order chi connectivity index (χ1) is 7.58.